The minimum atomic E-state index is -0.676. The number of nitrogens with zero attached hydrogens (tertiary/aromatic N) is 1. The molecule has 3 nitrogen and oxygen atoms in total. The molecule has 1 aromatic carbocycles. The smallest absolute Gasteiger partial charge is 0.123 e. The van der Waals surface area contributed by atoms with Gasteiger partial charge in [-0.3, -0.25) is 0 Å². The van der Waals surface area contributed by atoms with Crippen LogP contribution in [0.25, 0.3) is 0 Å². The predicted octanol–water partition coefficient (Wildman–Crippen LogP) is 2.62. The van der Waals surface area contributed by atoms with Gasteiger partial charge >= 0.3 is 0 Å². The van der Waals surface area contributed by atoms with Crippen molar-refractivity contribution in [3.63, 3.8) is 0 Å². The van der Waals surface area contributed by atoms with Crippen LogP contribution in [0, 0.1) is 5.82 Å². The van der Waals surface area contributed by atoms with E-state index in [2.05, 4.69) is 4.90 Å². The number of aliphatic hydroxyl groups excluding tert-OH is 2. The van der Waals surface area contributed by atoms with E-state index in [1.165, 1.54) is 12.1 Å². The molecule has 1 aliphatic rings. The molecule has 1 aliphatic heterocycles. The molecular formula is C15H22FNO2. The lowest BCUT2D eigenvalue weighted by Gasteiger charge is -2.29. The second-order valence-corrected chi connectivity index (χ2v) is 5.23. The van der Waals surface area contributed by atoms with E-state index < -0.39 is 6.10 Å². The summed E-state index contributed by atoms with van der Waals surface area (Å²) in [7, 11) is 0. The topological polar surface area (TPSA) is 43.7 Å². The molecule has 0 saturated carbocycles. The molecule has 19 heavy (non-hydrogen) atoms. The van der Waals surface area contributed by atoms with E-state index in [0.29, 0.717) is 11.6 Å². The second kappa shape index (κ2) is 6.35. The first-order chi connectivity index (χ1) is 9.13. The summed E-state index contributed by atoms with van der Waals surface area (Å²) in [5.74, 6) is -0.314. The fourth-order valence-electron chi connectivity index (χ4n) is 2.90. The summed E-state index contributed by atoms with van der Waals surface area (Å²) in [6.45, 7) is 2.80. The predicted molar refractivity (Wildman–Crippen MR) is 73.7 cm³/mol. The maximum absolute atomic E-state index is 13.3. The first kappa shape index (κ1) is 14.3. The molecule has 1 unspecified atom stereocenters. The average molecular weight is 267 g/mol. The third kappa shape index (κ3) is 3.25. The lowest BCUT2D eigenvalue weighted by molar-refractivity contribution is 0.199. The van der Waals surface area contributed by atoms with Crippen molar-refractivity contribution in [3.8, 4) is 0 Å². The highest BCUT2D eigenvalue weighted by Crippen LogP contribution is 2.33. The van der Waals surface area contributed by atoms with Gasteiger partial charge in [0.1, 0.15) is 5.82 Å². The fourth-order valence-corrected chi connectivity index (χ4v) is 2.90. The molecule has 106 valence electrons. The zero-order valence-electron chi connectivity index (χ0n) is 11.3. The van der Waals surface area contributed by atoms with Crippen LogP contribution in [0.5, 0.6) is 0 Å². The van der Waals surface area contributed by atoms with E-state index in [0.717, 1.165) is 37.9 Å². The molecule has 0 aliphatic carbocycles. The quantitative estimate of drug-likeness (QED) is 0.862. The lowest BCUT2D eigenvalue weighted by atomic mass is 10.0. The number of halogens is 1. The van der Waals surface area contributed by atoms with Crippen molar-refractivity contribution in [1.82, 2.24) is 0 Å². The van der Waals surface area contributed by atoms with Gasteiger partial charge in [0, 0.05) is 30.4 Å². The molecule has 2 atom stereocenters. The second-order valence-electron chi connectivity index (χ2n) is 5.23. The number of hydrogen-bond acceptors (Lipinski definition) is 3. The average Bonchev–Trinajstić information content (AvgIpc) is 2.84. The molecule has 0 bridgehead atoms. The van der Waals surface area contributed by atoms with Crippen LogP contribution in [0.3, 0.4) is 0 Å². The van der Waals surface area contributed by atoms with Crippen LogP contribution in [0.4, 0.5) is 10.1 Å². The Morgan fingerprint density at radius 3 is 2.95 bits per heavy atom. The minimum Gasteiger partial charge on any atom is -0.396 e. The molecule has 0 spiro atoms. The van der Waals surface area contributed by atoms with E-state index in [1.54, 1.807) is 13.0 Å². The highest BCUT2D eigenvalue weighted by molar-refractivity contribution is 5.56. The summed E-state index contributed by atoms with van der Waals surface area (Å²) in [6.07, 6.45) is 3.24. The summed E-state index contributed by atoms with van der Waals surface area (Å²) >= 11 is 0. The number of hydrogen-bond donors (Lipinski definition) is 2. The third-order valence-electron chi connectivity index (χ3n) is 3.82. The Morgan fingerprint density at radius 2 is 2.26 bits per heavy atom. The van der Waals surface area contributed by atoms with Gasteiger partial charge in [0.15, 0.2) is 0 Å². The molecule has 0 aromatic heterocycles. The number of benzene rings is 1. The van der Waals surface area contributed by atoms with Gasteiger partial charge in [-0.1, -0.05) is 0 Å². The molecule has 1 heterocycles. The molecule has 4 heteroatoms. The molecule has 1 fully saturated rings. The van der Waals surface area contributed by atoms with E-state index in [1.807, 2.05) is 0 Å². The Labute approximate surface area is 113 Å². The number of rotatable bonds is 5. The highest BCUT2D eigenvalue weighted by atomic mass is 19.1. The van der Waals surface area contributed by atoms with Crippen LogP contribution in [-0.4, -0.2) is 29.4 Å². The van der Waals surface area contributed by atoms with Gasteiger partial charge in [-0.15, -0.1) is 0 Å². The van der Waals surface area contributed by atoms with Crippen LogP contribution >= 0.6 is 0 Å². The Kier molecular flexibility index (Phi) is 4.77. The van der Waals surface area contributed by atoms with Crippen molar-refractivity contribution in [2.75, 3.05) is 18.1 Å². The Bertz CT molecular complexity index is 423. The van der Waals surface area contributed by atoms with E-state index in [9.17, 15) is 9.50 Å². The zero-order chi connectivity index (χ0) is 13.8. The molecule has 2 N–H and O–H groups in total. The van der Waals surface area contributed by atoms with Gasteiger partial charge in [-0.2, -0.15) is 0 Å². The normalized spacial score (nSPS) is 20.8. The molecule has 1 saturated heterocycles. The molecule has 0 amide bonds. The Balaban J connectivity index is 2.24. The van der Waals surface area contributed by atoms with Gasteiger partial charge in [-0.25, -0.2) is 4.39 Å². The van der Waals surface area contributed by atoms with E-state index in [4.69, 9.17) is 5.11 Å². The van der Waals surface area contributed by atoms with Crippen molar-refractivity contribution in [2.24, 2.45) is 0 Å². The van der Waals surface area contributed by atoms with Crippen LogP contribution in [0.1, 0.15) is 44.3 Å². The van der Waals surface area contributed by atoms with Crippen LogP contribution in [0.15, 0.2) is 18.2 Å². The SMILES string of the molecule is C[C@H](O)c1cc(F)ccc1N1CCCC1CCCO. The summed E-state index contributed by atoms with van der Waals surface area (Å²) in [5.41, 5.74) is 1.58. The van der Waals surface area contributed by atoms with E-state index >= 15 is 0 Å². The molecule has 0 radical (unpaired) electrons. The molecule has 1 aromatic rings. The molecular weight excluding hydrogens is 245 g/mol. The Hall–Kier alpha value is -1.13. The van der Waals surface area contributed by atoms with Gasteiger partial charge < -0.3 is 15.1 Å². The summed E-state index contributed by atoms with van der Waals surface area (Å²) < 4.78 is 13.3. The number of aliphatic hydroxyl groups is 2. The monoisotopic (exact) mass is 267 g/mol. The van der Waals surface area contributed by atoms with Gasteiger partial charge in [0.25, 0.3) is 0 Å². The van der Waals surface area contributed by atoms with Crippen molar-refractivity contribution in [3.05, 3.63) is 29.6 Å². The molecule has 2 rings (SSSR count). The largest absolute Gasteiger partial charge is 0.396 e. The first-order valence-corrected chi connectivity index (χ1v) is 6.98. The van der Waals surface area contributed by atoms with Gasteiger partial charge in [0.2, 0.25) is 0 Å². The van der Waals surface area contributed by atoms with E-state index in [-0.39, 0.29) is 12.4 Å². The summed E-state index contributed by atoms with van der Waals surface area (Å²) in [6, 6.07) is 5.01. The van der Waals surface area contributed by atoms with Crippen molar-refractivity contribution in [2.45, 2.75) is 44.8 Å². The first-order valence-electron chi connectivity index (χ1n) is 6.98. The van der Waals surface area contributed by atoms with Crippen molar-refractivity contribution >= 4 is 5.69 Å². The van der Waals surface area contributed by atoms with Gasteiger partial charge in [-0.05, 0) is 50.8 Å². The number of anilines is 1. The fraction of sp³-hybridized carbons (Fsp3) is 0.600. The van der Waals surface area contributed by atoms with Crippen LogP contribution < -0.4 is 4.90 Å². The lowest BCUT2D eigenvalue weighted by Crippen LogP contribution is -2.30. The summed E-state index contributed by atoms with van der Waals surface area (Å²) in [4.78, 5) is 2.25. The van der Waals surface area contributed by atoms with Crippen LogP contribution in [0.2, 0.25) is 0 Å². The minimum absolute atomic E-state index is 0.205. The summed E-state index contributed by atoms with van der Waals surface area (Å²) in [5, 5.41) is 18.8. The zero-order valence-corrected chi connectivity index (χ0v) is 11.3. The maximum atomic E-state index is 13.3. The standard InChI is InChI=1S/C15H22FNO2/c1-11(19)14-10-12(16)6-7-15(14)17-8-2-4-13(17)5-3-9-18/h6-7,10-11,13,18-19H,2-5,8-9H2,1H3/t11-,13?/m0/s1. The Morgan fingerprint density at radius 1 is 1.47 bits per heavy atom. The van der Waals surface area contributed by atoms with Crippen molar-refractivity contribution in [1.29, 1.82) is 0 Å². The highest BCUT2D eigenvalue weighted by Gasteiger charge is 2.26. The third-order valence-corrected chi connectivity index (χ3v) is 3.82. The van der Waals surface area contributed by atoms with Gasteiger partial charge in [0.05, 0.1) is 6.10 Å². The maximum Gasteiger partial charge on any atom is 0.123 e. The van der Waals surface area contributed by atoms with Crippen LogP contribution in [-0.2, 0) is 0 Å². The van der Waals surface area contributed by atoms with Crippen molar-refractivity contribution < 1.29 is 14.6 Å².